The summed E-state index contributed by atoms with van der Waals surface area (Å²) in [5.41, 5.74) is 0.0941. The van der Waals surface area contributed by atoms with Gasteiger partial charge >= 0.3 is 5.97 Å². The molecule has 0 saturated heterocycles. The van der Waals surface area contributed by atoms with Gasteiger partial charge in [-0.25, -0.2) is 4.79 Å². The lowest BCUT2D eigenvalue weighted by molar-refractivity contribution is -0.157. The zero-order chi connectivity index (χ0) is 14.9. The first-order chi connectivity index (χ1) is 8.90. The number of hydrogen-bond acceptors (Lipinski definition) is 3. The van der Waals surface area contributed by atoms with Crippen molar-refractivity contribution in [1.82, 2.24) is 0 Å². The fourth-order valence-corrected chi connectivity index (χ4v) is 1.88. The second-order valence-electron chi connectivity index (χ2n) is 5.25. The highest BCUT2D eigenvalue weighted by molar-refractivity contribution is 5.87. The molecular weight excluding hydrogens is 240 g/mol. The molecule has 0 aromatic rings. The summed E-state index contributed by atoms with van der Waals surface area (Å²) in [5, 5.41) is 0. The fraction of sp³-hybridized carbons (Fsp3) is 0.812. The fourth-order valence-electron chi connectivity index (χ4n) is 1.88. The largest absolute Gasteiger partial charge is 0.456 e. The molecule has 0 N–H and O–H groups in total. The van der Waals surface area contributed by atoms with Crippen LogP contribution in [0, 0.1) is 0 Å². The number of hydrogen-bond donors (Lipinski definition) is 0. The number of carbonyl (C=O) groups excluding carboxylic acids is 1. The lowest BCUT2D eigenvalue weighted by Crippen LogP contribution is -2.34. The van der Waals surface area contributed by atoms with Crippen LogP contribution in [0.5, 0.6) is 0 Å². The van der Waals surface area contributed by atoms with Crippen LogP contribution in [-0.2, 0) is 14.3 Å². The Labute approximate surface area is 118 Å². The van der Waals surface area contributed by atoms with Crippen molar-refractivity contribution in [3.8, 4) is 0 Å². The molecule has 0 aromatic carbocycles. The van der Waals surface area contributed by atoms with Crippen LogP contribution in [0.15, 0.2) is 12.2 Å². The first-order valence-electron chi connectivity index (χ1n) is 7.41. The molecule has 0 aliphatic rings. The molecule has 0 bridgehead atoms. The predicted octanol–water partition coefficient (Wildman–Crippen LogP) is 4.26. The molecular formula is C16H30O3. The summed E-state index contributed by atoms with van der Waals surface area (Å²) in [4.78, 5) is 11.7. The standard InChI is InChI=1S/C16H30O3/c1-7-14(6)18-12-10-11-16(8-2,9-3)19-15(17)13(4)5/h14H,4,7-12H2,1-3,5-6H3. The summed E-state index contributed by atoms with van der Waals surface area (Å²) < 4.78 is 11.3. The Bertz CT molecular complexity index is 280. The molecule has 0 amide bonds. The minimum atomic E-state index is -0.366. The van der Waals surface area contributed by atoms with Gasteiger partial charge in [0.25, 0.3) is 0 Å². The molecule has 0 aliphatic heterocycles. The molecule has 112 valence electrons. The monoisotopic (exact) mass is 270 g/mol. The first kappa shape index (κ1) is 18.2. The van der Waals surface area contributed by atoms with Crippen molar-refractivity contribution < 1.29 is 14.3 Å². The lowest BCUT2D eigenvalue weighted by Gasteiger charge is -2.32. The van der Waals surface area contributed by atoms with Crippen LogP contribution < -0.4 is 0 Å². The first-order valence-corrected chi connectivity index (χ1v) is 7.41. The van der Waals surface area contributed by atoms with Crippen LogP contribution in [0.25, 0.3) is 0 Å². The topological polar surface area (TPSA) is 35.5 Å². The molecule has 0 spiro atoms. The van der Waals surface area contributed by atoms with Gasteiger partial charge in [-0.05, 0) is 46.0 Å². The van der Waals surface area contributed by atoms with Crippen molar-refractivity contribution in [2.24, 2.45) is 0 Å². The molecule has 3 heteroatoms. The van der Waals surface area contributed by atoms with Gasteiger partial charge in [0.1, 0.15) is 5.60 Å². The summed E-state index contributed by atoms with van der Waals surface area (Å²) in [6.45, 7) is 14.4. The molecule has 1 unspecified atom stereocenters. The van der Waals surface area contributed by atoms with Gasteiger partial charge in [0.05, 0.1) is 6.10 Å². The summed E-state index contributed by atoms with van der Waals surface area (Å²) in [6, 6.07) is 0. The van der Waals surface area contributed by atoms with Crippen LogP contribution in [-0.4, -0.2) is 24.3 Å². The van der Waals surface area contributed by atoms with E-state index in [0.717, 1.165) is 38.7 Å². The van der Waals surface area contributed by atoms with Gasteiger partial charge in [-0.3, -0.25) is 0 Å². The molecule has 3 nitrogen and oxygen atoms in total. The van der Waals surface area contributed by atoms with Crippen molar-refractivity contribution in [3.63, 3.8) is 0 Å². The number of carbonyl (C=O) groups is 1. The number of rotatable bonds is 10. The maximum absolute atomic E-state index is 11.7. The second-order valence-corrected chi connectivity index (χ2v) is 5.25. The van der Waals surface area contributed by atoms with E-state index in [9.17, 15) is 4.79 Å². The zero-order valence-corrected chi connectivity index (χ0v) is 13.3. The molecule has 0 aromatic heterocycles. The summed E-state index contributed by atoms with van der Waals surface area (Å²) in [6.07, 6.45) is 4.73. The molecule has 0 fully saturated rings. The van der Waals surface area contributed by atoms with Crippen molar-refractivity contribution >= 4 is 5.97 Å². The minimum Gasteiger partial charge on any atom is -0.456 e. The van der Waals surface area contributed by atoms with E-state index < -0.39 is 0 Å². The van der Waals surface area contributed by atoms with Crippen molar-refractivity contribution in [2.45, 2.75) is 78.4 Å². The maximum Gasteiger partial charge on any atom is 0.333 e. The van der Waals surface area contributed by atoms with E-state index in [-0.39, 0.29) is 11.6 Å². The van der Waals surface area contributed by atoms with Crippen LogP contribution in [0.4, 0.5) is 0 Å². The highest BCUT2D eigenvalue weighted by Crippen LogP contribution is 2.27. The van der Waals surface area contributed by atoms with E-state index in [0.29, 0.717) is 11.7 Å². The van der Waals surface area contributed by atoms with E-state index in [1.807, 2.05) is 0 Å². The Morgan fingerprint density at radius 2 is 1.84 bits per heavy atom. The molecule has 0 heterocycles. The number of ether oxygens (including phenoxy) is 2. The van der Waals surface area contributed by atoms with Crippen molar-refractivity contribution in [1.29, 1.82) is 0 Å². The van der Waals surface area contributed by atoms with E-state index in [4.69, 9.17) is 9.47 Å². The van der Waals surface area contributed by atoms with Crippen molar-refractivity contribution in [2.75, 3.05) is 6.61 Å². The van der Waals surface area contributed by atoms with Gasteiger partial charge in [0, 0.05) is 12.2 Å². The molecule has 0 saturated carbocycles. The van der Waals surface area contributed by atoms with E-state index in [2.05, 4.69) is 34.3 Å². The average molecular weight is 270 g/mol. The Morgan fingerprint density at radius 1 is 1.26 bits per heavy atom. The van der Waals surface area contributed by atoms with Crippen molar-refractivity contribution in [3.05, 3.63) is 12.2 Å². The third-order valence-corrected chi connectivity index (χ3v) is 3.70. The number of esters is 1. The Hall–Kier alpha value is -0.830. The predicted molar refractivity (Wildman–Crippen MR) is 79.2 cm³/mol. The third-order valence-electron chi connectivity index (χ3n) is 3.70. The third kappa shape index (κ3) is 6.76. The van der Waals surface area contributed by atoms with Gasteiger partial charge in [0.2, 0.25) is 0 Å². The minimum absolute atomic E-state index is 0.286. The Kier molecular flexibility index (Phi) is 8.73. The molecule has 19 heavy (non-hydrogen) atoms. The van der Waals surface area contributed by atoms with Gasteiger partial charge in [0.15, 0.2) is 0 Å². The Morgan fingerprint density at radius 3 is 2.26 bits per heavy atom. The maximum atomic E-state index is 11.7. The van der Waals surface area contributed by atoms with E-state index in [1.54, 1.807) is 6.92 Å². The van der Waals surface area contributed by atoms with Crippen LogP contribution in [0.2, 0.25) is 0 Å². The lowest BCUT2D eigenvalue weighted by atomic mass is 9.91. The Balaban J connectivity index is 4.30. The SMILES string of the molecule is C=C(C)C(=O)OC(CC)(CC)CCCOC(C)CC. The van der Waals surface area contributed by atoms with Gasteiger partial charge in [-0.2, -0.15) is 0 Å². The summed E-state index contributed by atoms with van der Waals surface area (Å²) in [7, 11) is 0. The molecule has 0 rings (SSSR count). The average Bonchev–Trinajstić information content (AvgIpc) is 2.41. The highest BCUT2D eigenvalue weighted by atomic mass is 16.6. The normalized spacial score (nSPS) is 13.1. The molecule has 0 radical (unpaired) electrons. The van der Waals surface area contributed by atoms with Gasteiger partial charge < -0.3 is 9.47 Å². The highest BCUT2D eigenvalue weighted by Gasteiger charge is 2.30. The summed E-state index contributed by atoms with van der Waals surface area (Å²) >= 11 is 0. The summed E-state index contributed by atoms with van der Waals surface area (Å²) in [5.74, 6) is -0.286. The smallest absolute Gasteiger partial charge is 0.333 e. The second kappa shape index (κ2) is 9.13. The van der Waals surface area contributed by atoms with E-state index >= 15 is 0 Å². The quantitative estimate of drug-likeness (QED) is 0.338. The van der Waals surface area contributed by atoms with Gasteiger partial charge in [-0.15, -0.1) is 0 Å². The molecule has 0 aliphatic carbocycles. The van der Waals surface area contributed by atoms with Crippen LogP contribution in [0.1, 0.15) is 66.7 Å². The van der Waals surface area contributed by atoms with Crippen LogP contribution >= 0.6 is 0 Å². The van der Waals surface area contributed by atoms with Crippen LogP contribution in [0.3, 0.4) is 0 Å². The van der Waals surface area contributed by atoms with Gasteiger partial charge in [-0.1, -0.05) is 27.4 Å². The zero-order valence-electron chi connectivity index (χ0n) is 13.3. The molecule has 1 atom stereocenters. The van der Waals surface area contributed by atoms with E-state index in [1.165, 1.54) is 0 Å².